The molecule has 1 amide bonds. The van der Waals surface area contributed by atoms with Crippen LogP contribution in [0.15, 0.2) is 63.7 Å². The van der Waals surface area contributed by atoms with Crippen LogP contribution in [0.25, 0.3) is 0 Å². The van der Waals surface area contributed by atoms with E-state index >= 15 is 0 Å². The number of carbonyl (C=O) groups is 1. The maximum atomic E-state index is 12.3. The Kier molecular flexibility index (Phi) is 7.25. The molecule has 1 aromatic carbocycles. The third-order valence-corrected chi connectivity index (χ3v) is 7.45. The van der Waals surface area contributed by atoms with Gasteiger partial charge in [-0.05, 0) is 43.5 Å². The predicted molar refractivity (Wildman–Crippen MR) is 134 cm³/mol. The van der Waals surface area contributed by atoms with E-state index in [9.17, 15) is 4.79 Å². The van der Waals surface area contributed by atoms with Gasteiger partial charge in [0, 0.05) is 29.9 Å². The second-order valence-corrected chi connectivity index (χ2v) is 9.99. The predicted octanol–water partition coefficient (Wildman–Crippen LogP) is 4.84. The first-order valence-electron chi connectivity index (χ1n) is 11.4. The first-order valence-corrected chi connectivity index (χ1v) is 13.2. The molecule has 10 heteroatoms. The van der Waals surface area contributed by atoms with E-state index in [0.29, 0.717) is 12.3 Å². The van der Waals surface area contributed by atoms with Crippen LogP contribution >= 0.6 is 23.1 Å². The van der Waals surface area contributed by atoms with Gasteiger partial charge in [-0.25, -0.2) is 4.98 Å². The highest BCUT2D eigenvalue weighted by molar-refractivity contribution is 7.98. The maximum Gasteiger partial charge on any atom is 0.231 e. The van der Waals surface area contributed by atoms with Crippen molar-refractivity contribution < 1.29 is 9.21 Å². The Morgan fingerprint density at radius 3 is 2.74 bits per heavy atom. The molecule has 0 radical (unpaired) electrons. The Hall–Kier alpha value is -3.11. The van der Waals surface area contributed by atoms with Crippen LogP contribution in [0, 0.1) is 0 Å². The molecule has 0 aliphatic carbocycles. The Labute approximate surface area is 206 Å². The molecule has 0 saturated carbocycles. The van der Waals surface area contributed by atoms with Crippen molar-refractivity contribution in [3.8, 4) is 0 Å². The molecule has 8 nitrogen and oxygen atoms in total. The molecule has 34 heavy (non-hydrogen) atoms. The smallest absolute Gasteiger partial charge is 0.231 e. The summed E-state index contributed by atoms with van der Waals surface area (Å²) in [5.74, 6) is 2.37. The van der Waals surface area contributed by atoms with Crippen LogP contribution in [0.4, 0.5) is 11.6 Å². The molecular weight excluding hydrogens is 468 g/mol. The lowest BCUT2D eigenvalue weighted by Gasteiger charge is -2.27. The molecule has 1 aliphatic rings. The maximum absolute atomic E-state index is 12.3. The number of amides is 1. The highest BCUT2D eigenvalue weighted by Gasteiger charge is 2.21. The molecule has 176 valence electrons. The number of aromatic nitrogens is 4. The van der Waals surface area contributed by atoms with Gasteiger partial charge in [-0.2, -0.15) is 0 Å². The van der Waals surface area contributed by atoms with Crippen LogP contribution in [-0.4, -0.2) is 38.7 Å². The van der Waals surface area contributed by atoms with E-state index < -0.39 is 0 Å². The minimum absolute atomic E-state index is 0.0656. The van der Waals surface area contributed by atoms with Crippen LogP contribution in [0.1, 0.15) is 35.7 Å². The summed E-state index contributed by atoms with van der Waals surface area (Å²) in [6, 6.07) is 13.3. The van der Waals surface area contributed by atoms with Gasteiger partial charge in [0.1, 0.15) is 10.8 Å². The molecule has 0 atom stereocenters. The number of thioether (sulfide) groups is 1. The first-order chi connectivity index (χ1) is 16.7. The molecule has 0 unspecified atom stereocenters. The summed E-state index contributed by atoms with van der Waals surface area (Å²) in [6.45, 7) is 2.60. The monoisotopic (exact) mass is 494 g/mol. The Balaban J connectivity index is 1.23. The van der Waals surface area contributed by atoms with Crippen molar-refractivity contribution in [3.63, 3.8) is 0 Å². The van der Waals surface area contributed by atoms with Gasteiger partial charge in [-0.3, -0.25) is 9.36 Å². The number of hydrogen-bond acceptors (Lipinski definition) is 8. The average molecular weight is 495 g/mol. The van der Waals surface area contributed by atoms with Crippen LogP contribution in [0.3, 0.4) is 0 Å². The molecule has 1 fully saturated rings. The molecule has 1 aliphatic heterocycles. The Bertz CT molecular complexity index is 1200. The van der Waals surface area contributed by atoms with E-state index in [0.717, 1.165) is 46.3 Å². The van der Waals surface area contributed by atoms with Crippen molar-refractivity contribution in [1.82, 2.24) is 19.7 Å². The zero-order valence-electron chi connectivity index (χ0n) is 18.7. The normalized spacial score (nSPS) is 13.8. The standard InChI is InChI=1S/C24H26N6O2S2/c31-21(25-18-8-3-1-4-9-18)14-22-26-19(16-33-22)17-34-24-28-27-23(29-11-5-2-6-12-29)30(24)15-20-10-7-13-32-20/h1,3-4,7-10,13,16H,2,5-6,11-12,14-15,17H2,(H,25,31). The average Bonchev–Trinajstić information content (AvgIpc) is 3.61. The molecule has 4 aromatic rings. The molecule has 3 aromatic heterocycles. The number of nitrogens with zero attached hydrogens (tertiary/aromatic N) is 5. The summed E-state index contributed by atoms with van der Waals surface area (Å²) in [7, 11) is 0. The number of furan rings is 1. The van der Waals surface area contributed by atoms with E-state index in [1.54, 1.807) is 18.0 Å². The van der Waals surface area contributed by atoms with E-state index in [4.69, 9.17) is 4.42 Å². The van der Waals surface area contributed by atoms with Crippen molar-refractivity contribution >= 4 is 40.6 Å². The summed E-state index contributed by atoms with van der Waals surface area (Å²) >= 11 is 3.11. The fourth-order valence-corrected chi connectivity index (χ4v) is 5.63. The summed E-state index contributed by atoms with van der Waals surface area (Å²) in [6.07, 6.45) is 5.57. The SMILES string of the molecule is O=C(Cc1nc(CSc2nnc(N3CCCCC3)n2Cc2ccco2)cs1)Nc1ccccc1. The molecule has 1 N–H and O–H groups in total. The van der Waals surface area contributed by atoms with E-state index in [-0.39, 0.29) is 12.3 Å². The van der Waals surface area contributed by atoms with Gasteiger partial charge in [0.05, 0.1) is 24.9 Å². The van der Waals surface area contributed by atoms with Crippen molar-refractivity contribution in [1.29, 1.82) is 0 Å². The van der Waals surface area contributed by atoms with Gasteiger partial charge in [0.15, 0.2) is 5.16 Å². The van der Waals surface area contributed by atoms with Crippen molar-refractivity contribution in [3.05, 3.63) is 70.6 Å². The third kappa shape index (κ3) is 5.68. The lowest BCUT2D eigenvalue weighted by atomic mass is 10.1. The fraction of sp³-hybridized carbons (Fsp3) is 0.333. The van der Waals surface area contributed by atoms with E-state index in [1.165, 1.54) is 30.6 Å². The lowest BCUT2D eigenvalue weighted by Crippen LogP contribution is -2.32. The summed E-state index contributed by atoms with van der Waals surface area (Å²) in [5.41, 5.74) is 1.73. The number of nitrogens with one attached hydrogen (secondary N) is 1. The second-order valence-electron chi connectivity index (χ2n) is 8.11. The third-order valence-electron chi connectivity index (χ3n) is 5.55. The van der Waals surface area contributed by atoms with Crippen molar-refractivity contribution in [2.24, 2.45) is 0 Å². The number of thiazole rings is 1. The van der Waals surface area contributed by atoms with Gasteiger partial charge >= 0.3 is 0 Å². The number of benzene rings is 1. The Morgan fingerprint density at radius 1 is 1.09 bits per heavy atom. The van der Waals surface area contributed by atoms with Crippen molar-refractivity contribution in [2.75, 3.05) is 23.3 Å². The highest BCUT2D eigenvalue weighted by Crippen LogP contribution is 2.28. The molecule has 1 saturated heterocycles. The van der Waals surface area contributed by atoms with E-state index in [2.05, 4.69) is 30.0 Å². The van der Waals surface area contributed by atoms with Crippen LogP contribution in [0.2, 0.25) is 0 Å². The zero-order valence-corrected chi connectivity index (χ0v) is 20.4. The number of piperidine rings is 1. The zero-order chi connectivity index (χ0) is 23.2. The van der Waals surface area contributed by atoms with Crippen LogP contribution < -0.4 is 10.2 Å². The molecule has 0 bridgehead atoms. The van der Waals surface area contributed by atoms with Gasteiger partial charge < -0.3 is 14.6 Å². The first kappa shape index (κ1) is 22.7. The van der Waals surface area contributed by atoms with Gasteiger partial charge in [0.2, 0.25) is 11.9 Å². The number of rotatable bonds is 9. The minimum atomic E-state index is -0.0656. The van der Waals surface area contributed by atoms with Gasteiger partial charge in [-0.1, -0.05) is 30.0 Å². The molecule has 4 heterocycles. The summed E-state index contributed by atoms with van der Waals surface area (Å²) in [4.78, 5) is 19.3. The van der Waals surface area contributed by atoms with Crippen molar-refractivity contribution in [2.45, 2.75) is 43.1 Å². The van der Waals surface area contributed by atoms with Gasteiger partial charge in [0.25, 0.3) is 0 Å². The van der Waals surface area contributed by atoms with Crippen LogP contribution in [-0.2, 0) is 23.5 Å². The van der Waals surface area contributed by atoms with Crippen LogP contribution in [0.5, 0.6) is 0 Å². The molecular formula is C24H26N6O2S2. The Morgan fingerprint density at radius 2 is 1.94 bits per heavy atom. The number of carbonyl (C=O) groups excluding carboxylic acids is 1. The van der Waals surface area contributed by atoms with Gasteiger partial charge in [-0.15, -0.1) is 21.5 Å². The quantitative estimate of drug-likeness (QED) is 0.333. The fourth-order valence-electron chi connectivity index (χ4n) is 3.91. The molecule has 5 rings (SSSR count). The number of para-hydroxylation sites is 1. The topological polar surface area (TPSA) is 89.1 Å². The number of anilines is 2. The minimum Gasteiger partial charge on any atom is -0.467 e. The lowest BCUT2D eigenvalue weighted by molar-refractivity contribution is -0.115. The van der Waals surface area contributed by atoms with E-state index in [1.807, 2.05) is 47.8 Å². The largest absolute Gasteiger partial charge is 0.467 e. The summed E-state index contributed by atoms with van der Waals surface area (Å²) in [5, 5.41) is 15.6. The highest BCUT2D eigenvalue weighted by atomic mass is 32.2. The molecule has 0 spiro atoms. The number of hydrogen-bond donors (Lipinski definition) is 1. The second kappa shape index (κ2) is 10.9. The summed E-state index contributed by atoms with van der Waals surface area (Å²) < 4.78 is 7.73.